The molecule has 7 N–H and O–H groups in total. The smallest absolute Gasteiger partial charge is 0.349 e. The number of aromatic nitrogens is 6. The van der Waals surface area contributed by atoms with Crippen LogP contribution in [0.1, 0.15) is 0 Å². The summed E-state index contributed by atoms with van der Waals surface area (Å²) in [4.78, 5) is 49.1. The normalized spacial score (nSPS) is 15.5. The van der Waals surface area contributed by atoms with E-state index in [1.807, 2.05) is 4.98 Å². The number of nitrogens with zero attached hydrogens (tertiary/aromatic N) is 3. The van der Waals surface area contributed by atoms with Gasteiger partial charge in [0.1, 0.15) is 18.3 Å². The van der Waals surface area contributed by atoms with Gasteiger partial charge in [-0.3, -0.25) is 19.7 Å². The molecule has 1 aromatic heterocycles. The molecule has 0 aromatic carbocycles. The van der Waals surface area contributed by atoms with Crippen LogP contribution in [0.15, 0.2) is 14.4 Å². The Hall–Kier alpha value is -2.87. The van der Waals surface area contributed by atoms with E-state index in [2.05, 4.69) is 19.9 Å². The first kappa shape index (κ1) is 17.0. The summed E-state index contributed by atoms with van der Waals surface area (Å²) in [6.45, 7) is -1.25. The average molecular weight is 354 g/mol. The minimum atomic E-state index is -1.73. The van der Waals surface area contributed by atoms with Crippen LogP contribution in [0.25, 0.3) is 22.8 Å². The summed E-state index contributed by atoms with van der Waals surface area (Å²) >= 11 is 0. The lowest BCUT2D eigenvalue weighted by molar-refractivity contribution is -0.0803. The Morgan fingerprint density at radius 2 is 1.72 bits per heavy atom. The van der Waals surface area contributed by atoms with Crippen LogP contribution in [0.3, 0.4) is 0 Å². The van der Waals surface area contributed by atoms with Gasteiger partial charge in [0, 0.05) is 0 Å². The number of aliphatic hydroxyl groups is 4. The summed E-state index contributed by atoms with van der Waals surface area (Å²) in [5, 5.41) is 38.1. The first-order chi connectivity index (χ1) is 11.8. The van der Waals surface area contributed by atoms with Crippen LogP contribution in [0.2, 0.25) is 0 Å². The Labute approximate surface area is 136 Å². The topological polar surface area (TPSA) is 210 Å². The van der Waals surface area contributed by atoms with Crippen molar-refractivity contribution < 1.29 is 20.4 Å². The van der Waals surface area contributed by atoms with Crippen molar-refractivity contribution in [2.24, 2.45) is 0 Å². The number of hydrogen-bond donors (Lipinski definition) is 7. The molecule has 25 heavy (non-hydrogen) atoms. The van der Waals surface area contributed by atoms with E-state index in [1.165, 1.54) is 0 Å². The van der Waals surface area contributed by atoms with E-state index in [-0.39, 0.29) is 22.8 Å². The highest BCUT2D eigenvalue weighted by Crippen LogP contribution is 2.18. The number of H-pyrrole nitrogens is 3. The highest BCUT2D eigenvalue weighted by Gasteiger charge is 2.28. The summed E-state index contributed by atoms with van der Waals surface area (Å²) in [5.74, 6) is -0.235. The minimum absolute atomic E-state index is 0.0136. The quantitative estimate of drug-likeness (QED) is 0.236. The van der Waals surface area contributed by atoms with E-state index >= 15 is 0 Å². The molecule has 3 atom stereocenters. The maximum absolute atomic E-state index is 11.9. The molecular formula is C12H14N6O7. The third kappa shape index (κ3) is 2.96. The second-order valence-corrected chi connectivity index (χ2v) is 5.35. The van der Waals surface area contributed by atoms with Crippen LogP contribution in [-0.2, 0) is 6.54 Å². The minimum Gasteiger partial charge on any atom is -0.394 e. The van der Waals surface area contributed by atoms with Crippen molar-refractivity contribution in [2.75, 3.05) is 6.61 Å². The van der Waals surface area contributed by atoms with E-state index in [0.717, 1.165) is 4.57 Å². The van der Waals surface area contributed by atoms with Crippen LogP contribution in [0, 0.1) is 0 Å². The number of aromatic amines is 3. The summed E-state index contributed by atoms with van der Waals surface area (Å²) in [6.07, 6.45) is -4.96. The number of aliphatic hydroxyl groups excluding tert-OH is 4. The van der Waals surface area contributed by atoms with Gasteiger partial charge in [-0.25, -0.2) is 14.6 Å². The van der Waals surface area contributed by atoms with Crippen molar-refractivity contribution in [3.05, 3.63) is 31.3 Å². The first-order valence-electron chi connectivity index (χ1n) is 7.09. The van der Waals surface area contributed by atoms with Gasteiger partial charge in [-0.2, -0.15) is 4.98 Å². The van der Waals surface area contributed by atoms with Gasteiger partial charge in [-0.1, -0.05) is 0 Å². The molecule has 2 aliphatic heterocycles. The van der Waals surface area contributed by atoms with Gasteiger partial charge in [-0.15, -0.1) is 0 Å². The van der Waals surface area contributed by atoms with Gasteiger partial charge < -0.3 is 25.0 Å². The molecule has 0 bridgehead atoms. The number of fused-ring (bicyclic) bond motifs is 2. The molecule has 2 aliphatic rings. The molecule has 0 amide bonds. The van der Waals surface area contributed by atoms with Gasteiger partial charge in [0.15, 0.2) is 22.8 Å². The Morgan fingerprint density at radius 3 is 2.40 bits per heavy atom. The zero-order valence-electron chi connectivity index (χ0n) is 12.5. The van der Waals surface area contributed by atoms with E-state index < -0.39 is 48.4 Å². The van der Waals surface area contributed by atoms with E-state index in [0.29, 0.717) is 0 Å². The van der Waals surface area contributed by atoms with Crippen molar-refractivity contribution >= 4 is 11.3 Å². The van der Waals surface area contributed by atoms with Crippen molar-refractivity contribution in [1.29, 1.82) is 0 Å². The predicted molar refractivity (Wildman–Crippen MR) is 81.1 cm³/mol. The van der Waals surface area contributed by atoms with Gasteiger partial charge >= 0.3 is 11.4 Å². The highest BCUT2D eigenvalue weighted by atomic mass is 16.4. The lowest BCUT2D eigenvalue weighted by atomic mass is 10.1. The molecule has 0 aliphatic carbocycles. The van der Waals surface area contributed by atoms with E-state index in [4.69, 9.17) is 5.11 Å². The van der Waals surface area contributed by atoms with Crippen molar-refractivity contribution in [3.8, 4) is 11.5 Å². The number of hydrogen-bond acceptors (Lipinski definition) is 9. The largest absolute Gasteiger partial charge is 0.394 e. The molecule has 13 heteroatoms. The fourth-order valence-corrected chi connectivity index (χ4v) is 2.42. The Balaban J connectivity index is 2.21. The second kappa shape index (κ2) is 6.21. The van der Waals surface area contributed by atoms with Crippen LogP contribution >= 0.6 is 0 Å². The summed E-state index contributed by atoms with van der Waals surface area (Å²) in [7, 11) is 0. The number of rotatable bonds is 5. The van der Waals surface area contributed by atoms with Crippen molar-refractivity contribution in [3.63, 3.8) is 0 Å². The SMILES string of the molecule is O=c1nc2n(CC(O)C(O)C(O)CO)c3[nH]c(=O)[nH]c3nc-2c(=O)[nH]1. The summed E-state index contributed by atoms with van der Waals surface area (Å²) in [5.41, 5.74) is -2.76. The van der Waals surface area contributed by atoms with Crippen molar-refractivity contribution in [2.45, 2.75) is 24.9 Å². The molecule has 0 spiro atoms. The van der Waals surface area contributed by atoms with E-state index in [1.54, 1.807) is 0 Å². The predicted octanol–water partition coefficient (Wildman–Crippen LogP) is -4.32. The maximum atomic E-state index is 11.9. The third-order valence-electron chi connectivity index (χ3n) is 3.64. The van der Waals surface area contributed by atoms with Gasteiger partial charge in [-0.05, 0) is 0 Å². The van der Waals surface area contributed by atoms with Crippen LogP contribution in [0.4, 0.5) is 0 Å². The van der Waals surface area contributed by atoms with Gasteiger partial charge in [0.05, 0.1) is 13.2 Å². The molecule has 0 radical (unpaired) electrons. The van der Waals surface area contributed by atoms with Crippen LogP contribution in [-0.4, -0.2) is 74.8 Å². The summed E-state index contributed by atoms with van der Waals surface area (Å²) < 4.78 is 1.10. The average Bonchev–Trinajstić information content (AvgIpc) is 2.94. The molecule has 3 rings (SSSR count). The molecule has 1 aromatic rings. The van der Waals surface area contributed by atoms with Crippen LogP contribution in [0.5, 0.6) is 0 Å². The fraction of sp³-hybridized carbons (Fsp3) is 0.417. The molecule has 134 valence electrons. The van der Waals surface area contributed by atoms with E-state index in [9.17, 15) is 29.7 Å². The number of nitrogens with one attached hydrogen (secondary N) is 3. The molecular weight excluding hydrogens is 340 g/mol. The van der Waals surface area contributed by atoms with Gasteiger partial charge in [0.2, 0.25) is 0 Å². The maximum Gasteiger partial charge on any atom is 0.349 e. The molecule has 0 saturated carbocycles. The van der Waals surface area contributed by atoms with Crippen molar-refractivity contribution in [1.82, 2.24) is 29.5 Å². The lowest BCUT2D eigenvalue weighted by Gasteiger charge is -2.23. The van der Waals surface area contributed by atoms with Gasteiger partial charge in [0.25, 0.3) is 5.56 Å². The lowest BCUT2D eigenvalue weighted by Crippen LogP contribution is -2.42. The second-order valence-electron chi connectivity index (χ2n) is 5.35. The van der Waals surface area contributed by atoms with Crippen LogP contribution < -0.4 is 16.9 Å². The molecule has 3 unspecified atom stereocenters. The zero-order chi connectivity index (χ0) is 18.3. The standard InChI is InChI=1S/C12H14N6O7/c19-2-4(21)6(22)3(20)1-18-8-5(10(23)17-12(25)15-8)13-7-9(18)16-11(24)14-7/h3-4,6,19-22H,1-2H2,(H2,14,16,24)(H,17,23,25). The Morgan fingerprint density at radius 1 is 1.00 bits per heavy atom. The highest BCUT2D eigenvalue weighted by molar-refractivity contribution is 5.72. The molecule has 0 saturated heterocycles. The molecule has 13 nitrogen and oxygen atoms in total. The Bertz CT molecular complexity index is 1050. The molecule has 3 heterocycles. The zero-order valence-corrected chi connectivity index (χ0v) is 12.5. The summed E-state index contributed by atoms with van der Waals surface area (Å²) in [6, 6.07) is 0. The monoisotopic (exact) mass is 354 g/mol. The number of imidazole rings is 1. The Kier molecular flexibility index (Phi) is 4.22. The molecule has 0 fully saturated rings. The third-order valence-corrected chi connectivity index (χ3v) is 3.64. The first-order valence-corrected chi connectivity index (χ1v) is 7.09. The fourth-order valence-electron chi connectivity index (χ4n) is 2.42.